The number of nitrogens with one attached hydrogen (secondary N) is 1. The van der Waals surface area contributed by atoms with Crippen molar-refractivity contribution >= 4 is 16.1 Å². The molecule has 0 aliphatic carbocycles. The van der Waals surface area contributed by atoms with Crippen LogP contribution >= 0.6 is 0 Å². The minimum Gasteiger partial charge on any atom is -0.449 e. The maximum Gasteiger partial charge on any atom is 0.421 e. The first-order valence-corrected chi connectivity index (χ1v) is 4.88. The first-order chi connectivity index (χ1) is 5.52. The van der Waals surface area contributed by atoms with Gasteiger partial charge in [-0.2, -0.15) is 0 Å². The van der Waals surface area contributed by atoms with E-state index in [0.29, 0.717) is 11.8 Å². The molecular formula is C6H11NO4S. The van der Waals surface area contributed by atoms with E-state index in [4.69, 9.17) is 0 Å². The van der Waals surface area contributed by atoms with Crippen molar-refractivity contribution in [2.75, 3.05) is 6.61 Å². The summed E-state index contributed by atoms with van der Waals surface area (Å²) in [6, 6.07) is 0. The van der Waals surface area contributed by atoms with Crippen molar-refractivity contribution in [1.29, 1.82) is 0 Å². The Morgan fingerprint density at radius 2 is 2.25 bits per heavy atom. The van der Waals surface area contributed by atoms with E-state index >= 15 is 0 Å². The lowest BCUT2D eigenvalue weighted by molar-refractivity contribution is 0.153. The summed E-state index contributed by atoms with van der Waals surface area (Å²) in [4.78, 5) is 10.6. The molecule has 0 bridgehead atoms. The Kier molecular flexibility index (Phi) is 4.35. The lowest BCUT2D eigenvalue weighted by Gasteiger charge is -2.02. The molecule has 0 saturated carbocycles. The van der Waals surface area contributed by atoms with Gasteiger partial charge in [-0.05, 0) is 6.42 Å². The van der Waals surface area contributed by atoms with E-state index in [0.717, 1.165) is 0 Å². The minimum atomic E-state index is -3.71. The van der Waals surface area contributed by atoms with Crippen molar-refractivity contribution in [3.8, 4) is 0 Å². The summed E-state index contributed by atoms with van der Waals surface area (Å²) in [6.45, 7) is 5.00. The van der Waals surface area contributed by atoms with Crippen LogP contribution in [0.3, 0.4) is 0 Å². The quantitative estimate of drug-likeness (QED) is 0.709. The van der Waals surface area contributed by atoms with Crippen LogP contribution in [0.1, 0.15) is 13.3 Å². The molecule has 0 aliphatic rings. The van der Waals surface area contributed by atoms with Gasteiger partial charge >= 0.3 is 6.09 Å². The largest absolute Gasteiger partial charge is 0.449 e. The molecule has 0 aliphatic heterocycles. The smallest absolute Gasteiger partial charge is 0.421 e. The number of ether oxygens (including phenoxy) is 1. The van der Waals surface area contributed by atoms with Gasteiger partial charge in [0.1, 0.15) is 0 Å². The Labute approximate surface area is 71.5 Å². The van der Waals surface area contributed by atoms with Crippen molar-refractivity contribution in [3.05, 3.63) is 12.0 Å². The summed E-state index contributed by atoms with van der Waals surface area (Å²) in [6.07, 6.45) is -0.335. The van der Waals surface area contributed by atoms with Crippen LogP contribution in [0.5, 0.6) is 0 Å². The Hall–Kier alpha value is -1.04. The molecule has 0 unspecified atom stereocenters. The molecule has 0 fully saturated rings. The molecule has 0 heterocycles. The highest BCUT2D eigenvalue weighted by atomic mass is 32.2. The highest BCUT2D eigenvalue weighted by Gasteiger charge is 2.09. The molecule has 0 spiro atoms. The normalized spacial score (nSPS) is 10.4. The Morgan fingerprint density at radius 1 is 1.67 bits per heavy atom. The van der Waals surface area contributed by atoms with E-state index in [9.17, 15) is 13.2 Å². The highest BCUT2D eigenvalue weighted by molar-refractivity contribution is 7.92. The SMILES string of the molecule is C=CS(=O)(=O)NC(=O)OCCC. The molecule has 70 valence electrons. The second kappa shape index (κ2) is 4.76. The molecule has 0 aromatic heterocycles. The van der Waals surface area contributed by atoms with Crippen LogP contribution in [0.15, 0.2) is 12.0 Å². The van der Waals surface area contributed by atoms with Crippen LogP contribution in [0, 0.1) is 0 Å². The molecule has 1 amide bonds. The topological polar surface area (TPSA) is 72.5 Å². The van der Waals surface area contributed by atoms with Gasteiger partial charge in [0.25, 0.3) is 10.0 Å². The predicted molar refractivity (Wildman–Crippen MR) is 43.9 cm³/mol. The van der Waals surface area contributed by atoms with Gasteiger partial charge in [-0.1, -0.05) is 13.5 Å². The molecule has 0 aromatic rings. The van der Waals surface area contributed by atoms with Gasteiger partial charge in [-0.25, -0.2) is 17.9 Å². The number of hydrogen-bond acceptors (Lipinski definition) is 4. The van der Waals surface area contributed by atoms with E-state index in [1.165, 1.54) is 0 Å². The number of carbonyl (C=O) groups excluding carboxylic acids is 1. The van der Waals surface area contributed by atoms with Gasteiger partial charge in [-0.15, -0.1) is 0 Å². The molecule has 0 saturated heterocycles. The van der Waals surface area contributed by atoms with Gasteiger partial charge in [-0.3, -0.25) is 0 Å². The van der Waals surface area contributed by atoms with Crippen molar-refractivity contribution in [3.63, 3.8) is 0 Å². The van der Waals surface area contributed by atoms with Crippen LogP contribution < -0.4 is 4.72 Å². The number of amides is 1. The molecule has 0 radical (unpaired) electrons. The standard InChI is InChI=1S/C6H11NO4S/c1-3-5-11-6(8)7-12(9,10)4-2/h4H,2-3,5H2,1H3,(H,7,8). The molecular weight excluding hydrogens is 182 g/mol. The molecule has 0 aromatic carbocycles. The van der Waals surface area contributed by atoms with Crippen LogP contribution in [0.4, 0.5) is 4.79 Å². The average Bonchev–Trinajstić information content (AvgIpc) is 2.00. The summed E-state index contributed by atoms with van der Waals surface area (Å²) < 4.78 is 27.4. The maximum atomic E-state index is 10.6. The van der Waals surface area contributed by atoms with E-state index in [2.05, 4.69) is 11.3 Å². The minimum absolute atomic E-state index is 0.193. The van der Waals surface area contributed by atoms with E-state index in [1.54, 1.807) is 11.6 Å². The van der Waals surface area contributed by atoms with Crippen molar-refractivity contribution < 1.29 is 17.9 Å². The average molecular weight is 193 g/mol. The van der Waals surface area contributed by atoms with Crippen LogP contribution in [-0.2, 0) is 14.8 Å². The summed E-state index contributed by atoms with van der Waals surface area (Å²) in [5.41, 5.74) is 0. The monoisotopic (exact) mass is 193 g/mol. The van der Waals surface area contributed by atoms with Crippen molar-refractivity contribution in [2.24, 2.45) is 0 Å². The Balaban J connectivity index is 3.93. The molecule has 0 atom stereocenters. The lowest BCUT2D eigenvalue weighted by Crippen LogP contribution is -2.29. The lowest BCUT2D eigenvalue weighted by atomic mass is 10.5. The van der Waals surface area contributed by atoms with Gasteiger partial charge < -0.3 is 4.74 Å². The third-order valence-corrected chi connectivity index (χ3v) is 1.77. The second-order valence-corrected chi connectivity index (χ2v) is 3.58. The predicted octanol–water partition coefficient (Wildman–Crippen LogP) is 0.596. The fourth-order valence-corrected chi connectivity index (χ4v) is 0.757. The zero-order valence-corrected chi connectivity index (χ0v) is 7.56. The van der Waals surface area contributed by atoms with Gasteiger partial charge in [0, 0.05) is 5.41 Å². The number of hydrogen-bond donors (Lipinski definition) is 1. The first-order valence-electron chi connectivity index (χ1n) is 3.34. The van der Waals surface area contributed by atoms with E-state index in [1.807, 2.05) is 0 Å². The zero-order valence-electron chi connectivity index (χ0n) is 6.74. The number of sulfonamides is 1. The highest BCUT2D eigenvalue weighted by Crippen LogP contribution is 1.87. The molecule has 0 rings (SSSR count). The fraction of sp³-hybridized carbons (Fsp3) is 0.500. The fourth-order valence-electron chi connectivity index (χ4n) is 0.382. The van der Waals surface area contributed by atoms with Crippen LogP contribution in [-0.4, -0.2) is 21.1 Å². The molecule has 5 nitrogen and oxygen atoms in total. The van der Waals surface area contributed by atoms with Gasteiger partial charge in [0.15, 0.2) is 0 Å². The van der Waals surface area contributed by atoms with E-state index < -0.39 is 16.1 Å². The summed E-state index contributed by atoms with van der Waals surface area (Å²) >= 11 is 0. The van der Waals surface area contributed by atoms with Crippen LogP contribution in [0.25, 0.3) is 0 Å². The third-order valence-electron chi connectivity index (χ3n) is 0.882. The van der Waals surface area contributed by atoms with Crippen molar-refractivity contribution in [1.82, 2.24) is 4.72 Å². The molecule has 12 heavy (non-hydrogen) atoms. The van der Waals surface area contributed by atoms with Crippen molar-refractivity contribution in [2.45, 2.75) is 13.3 Å². The Morgan fingerprint density at radius 3 is 2.67 bits per heavy atom. The maximum absolute atomic E-state index is 10.6. The first kappa shape index (κ1) is 11.0. The third kappa shape index (κ3) is 4.73. The number of carbonyl (C=O) groups is 1. The summed E-state index contributed by atoms with van der Waals surface area (Å²) in [5, 5.41) is 0.639. The summed E-state index contributed by atoms with van der Waals surface area (Å²) in [5.74, 6) is 0. The van der Waals surface area contributed by atoms with Gasteiger partial charge in [0.05, 0.1) is 6.61 Å². The zero-order chi connectivity index (χ0) is 9.61. The summed E-state index contributed by atoms with van der Waals surface area (Å²) in [7, 11) is -3.71. The number of rotatable bonds is 4. The van der Waals surface area contributed by atoms with Gasteiger partial charge in [0.2, 0.25) is 0 Å². The van der Waals surface area contributed by atoms with E-state index in [-0.39, 0.29) is 6.61 Å². The second-order valence-electron chi connectivity index (χ2n) is 1.95. The van der Waals surface area contributed by atoms with Crippen LogP contribution in [0.2, 0.25) is 0 Å². The molecule has 6 heteroatoms. The Bertz CT molecular complexity index is 257. The molecule has 1 N–H and O–H groups in total.